The highest BCUT2D eigenvalue weighted by Crippen LogP contribution is 2.27. The molecule has 0 bridgehead atoms. The van der Waals surface area contributed by atoms with Gasteiger partial charge in [-0.15, -0.1) is 0 Å². The molecule has 0 spiro atoms. The van der Waals surface area contributed by atoms with Crippen LogP contribution in [0.3, 0.4) is 0 Å². The smallest absolute Gasteiger partial charge is 0.251 e. The van der Waals surface area contributed by atoms with Crippen molar-refractivity contribution in [2.24, 2.45) is 5.92 Å². The number of benzene rings is 1. The molecule has 1 atom stereocenters. The van der Waals surface area contributed by atoms with E-state index >= 15 is 0 Å². The quantitative estimate of drug-likeness (QED) is 0.925. The van der Waals surface area contributed by atoms with Gasteiger partial charge in [-0.2, -0.15) is 0 Å². The van der Waals surface area contributed by atoms with Gasteiger partial charge in [0, 0.05) is 37.9 Å². The lowest BCUT2D eigenvalue weighted by Crippen LogP contribution is -2.40. The molecule has 0 aromatic heterocycles. The molecule has 1 aromatic rings. The van der Waals surface area contributed by atoms with Gasteiger partial charge in [-0.3, -0.25) is 4.79 Å². The molecule has 2 aliphatic rings. The van der Waals surface area contributed by atoms with Gasteiger partial charge >= 0.3 is 0 Å². The molecule has 0 unspecified atom stereocenters. The Balaban J connectivity index is 1.57. The summed E-state index contributed by atoms with van der Waals surface area (Å²) in [5, 5.41) is 3.14. The van der Waals surface area contributed by atoms with Gasteiger partial charge in [-0.1, -0.05) is 13.0 Å². The van der Waals surface area contributed by atoms with E-state index in [4.69, 9.17) is 0 Å². The average Bonchev–Trinajstić information content (AvgIpc) is 2.93. The third-order valence-electron chi connectivity index (χ3n) is 5.08. The zero-order valence-corrected chi connectivity index (χ0v) is 13.8. The van der Waals surface area contributed by atoms with Crippen molar-refractivity contribution in [3.8, 4) is 0 Å². The Morgan fingerprint density at radius 1 is 1.36 bits per heavy atom. The molecule has 22 heavy (non-hydrogen) atoms. The molecule has 0 aliphatic carbocycles. The van der Waals surface area contributed by atoms with E-state index in [-0.39, 0.29) is 5.91 Å². The Morgan fingerprint density at radius 3 is 3.05 bits per heavy atom. The highest BCUT2D eigenvalue weighted by molar-refractivity contribution is 5.95. The molecule has 1 saturated heterocycles. The van der Waals surface area contributed by atoms with Crippen molar-refractivity contribution in [2.75, 3.05) is 44.7 Å². The van der Waals surface area contributed by atoms with E-state index in [2.05, 4.69) is 35.2 Å². The summed E-state index contributed by atoms with van der Waals surface area (Å²) in [7, 11) is 2.09. The van der Waals surface area contributed by atoms with Crippen LogP contribution in [0.1, 0.15) is 35.7 Å². The predicted octanol–water partition coefficient (Wildman–Crippen LogP) is 2.14. The molecule has 1 amide bonds. The fraction of sp³-hybridized carbons (Fsp3) is 0.611. The number of nitrogens with one attached hydrogen (secondary N) is 1. The molecule has 0 saturated carbocycles. The van der Waals surface area contributed by atoms with Crippen molar-refractivity contribution in [1.29, 1.82) is 0 Å². The van der Waals surface area contributed by atoms with E-state index in [1.807, 2.05) is 12.1 Å². The summed E-state index contributed by atoms with van der Waals surface area (Å²) in [4.78, 5) is 17.1. The van der Waals surface area contributed by atoms with Gasteiger partial charge in [0.25, 0.3) is 5.91 Å². The van der Waals surface area contributed by atoms with E-state index in [9.17, 15) is 4.79 Å². The van der Waals surface area contributed by atoms with Crippen LogP contribution in [0.25, 0.3) is 0 Å². The van der Waals surface area contributed by atoms with E-state index < -0.39 is 0 Å². The number of likely N-dealkylation sites (N-methyl/N-ethyl adjacent to an activating group) is 1. The van der Waals surface area contributed by atoms with Gasteiger partial charge in [0.1, 0.15) is 0 Å². The van der Waals surface area contributed by atoms with Crippen molar-refractivity contribution in [1.82, 2.24) is 10.2 Å². The summed E-state index contributed by atoms with van der Waals surface area (Å²) in [5.41, 5.74) is 3.35. The Hall–Kier alpha value is -1.55. The molecule has 1 aromatic carbocycles. The molecule has 1 fully saturated rings. The van der Waals surface area contributed by atoms with Gasteiger partial charge < -0.3 is 15.1 Å². The SMILES string of the molecule is CCN1CCC[C@H](CNC(=O)c2ccc3c(c2)N(C)CC3)C1. The topological polar surface area (TPSA) is 35.6 Å². The number of anilines is 1. The molecule has 2 aliphatic heterocycles. The molecule has 4 nitrogen and oxygen atoms in total. The number of fused-ring (bicyclic) bond motifs is 1. The summed E-state index contributed by atoms with van der Waals surface area (Å²) in [5.74, 6) is 0.659. The van der Waals surface area contributed by atoms with Crippen LogP contribution < -0.4 is 10.2 Å². The number of hydrogen-bond acceptors (Lipinski definition) is 3. The minimum Gasteiger partial charge on any atom is -0.374 e. The first-order valence-electron chi connectivity index (χ1n) is 8.52. The minimum absolute atomic E-state index is 0.0664. The fourth-order valence-corrected chi connectivity index (χ4v) is 3.62. The van der Waals surface area contributed by atoms with Crippen molar-refractivity contribution < 1.29 is 4.79 Å². The van der Waals surface area contributed by atoms with Crippen molar-refractivity contribution >= 4 is 11.6 Å². The second-order valence-electron chi connectivity index (χ2n) is 6.63. The lowest BCUT2D eigenvalue weighted by atomic mass is 9.98. The highest BCUT2D eigenvalue weighted by Gasteiger charge is 2.21. The maximum Gasteiger partial charge on any atom is 0.251 e. The Morgan fingerprint density at radius 2 is 2.23 bits per heavy atom. The first-order chi connectivity index (χ1) is 10.7. The molecule has 3 rings (SSSR count). The normalized spacial score (nSPS) is 21.7. The second-order valence-corrected chi connectivity index (χ2v) is 6.63. The van der Waals surface area contributed by atoms with Crippen molar-refractivity contribution in [3.05, 3.63) is 29.3 Å². The van der Waals surface area contributed by atoms with Crippen molar-refractivity contribution in [2.45, 2.75) is 26.2 Å². The summed E-state index contributed by atoms with van der Waals surface area (Å²) >= 11 is 0. The molecule has 2 heterocycles. The largest absolute Gasteiger partial charge is 0.374 e. The van der Waals surface area contributed by atoms with E-state index in [1.54, 1.807) is 0 Å². The molecule has 0 radical (unpaired) electrons. The van der Waals surface area contributed by atoms with Crippen molar-refractivity contribution in [3.63, 3.8) is 0 Å². The van der Waals surface area contributed by atoms with Crippen LogP contribution in [-0.4, -0.2) is 50.6 Å². The van der Waals surface area contributed by atoms with Crippen LogP contribution in [-0.2, 0) is 6.42 Å². The summed E-state index contributed by atoms with van der Waals surface area (Å²) in [6.45, 7) is 7.49. The van der Waals surface area contributed by atoms with Gasteiger partial charge in [-0.05, 0) is 56.0 Å². The Labute approximate surface area is 133 Å². The lowest BCUT2D eigenvalue weighted by molar-refractivity contribution is 0.0933. The second kappa shape index (κ2) is 6.69. The number of hydrogen-bond donors (Lipinski definition) is 1. The Kier molecular flexibility index (Phi) is 4.67. The predicted molar refractivity (Wildman–Crippen MR) is 90.6 cm³/mol. The van der Waals surface area contributed by atoms with Crippen LogP contribution in [0.5, 0.6) is 0 Å². The van der Waals surface area contributed by atoms with Crippen LogP contribution in [0.4, 0.5) is 5.69 Å². The number of piperidine rings is 1. The van der Waals surface area contributed by atoms with Crippen LogP contribution in [0.15, 0.2) is 18.2 Å². The maximum absolute atomic E-state index is 12.4. The van der Waals surface area contributed by atoms with Crippen LogP contribution in [0, 0.1) is 5.92 Å². The third-order valence-corrected chi connectivity index (χ3v) is 5.08. The summed E-state index contributed by atoms with van der Waals surface area (Å²) in [6, 6.07) is 6.11. The highest BCUT2D eigenvalue weighted by atomic mass is 16.1. The van der Waals surface area contributed by atoms with E-state index in [0.717, 1.165) is 38.2 Å². The van der Waals surface area contributed by atoms with Gasteiger partial charge in [0.15, 0.2) is 0 Å². The molecular weight excluding hydrogens is 274 g/mol. The van der Waals surface area contributed by atoms with Gasteiger partial charge in [0.2, 0.25) is 0 Å². The number of rotatable bonds is 4. The Bertz CT molecular complexity index is 543. The van der Waals surface area contributed by atoms with Gasteiger partial charge in [-0.25, -0.2) is 0 Å². The molecule has 4 heteroatoms. The zero-order valence-electron chi connectivity index (χ0n) is 13.8. The fourth-order valence-electron chi connectivity index (χ4n) is 3.62. The number of carbonyl (C=O) groups excluding carboxylic acids is 1. The molecular formula is C18H27N3O. The van der Waals surface area contributed by atoms with E-state index in [1.165, 1.54) is 30.6 Å². The molecule has 120 valence electrons. The first-order valence-corrected chi connectivity index (χ1v) is 8.52. The monoisotopic (exact) mass is 301 g/mol. The van der Waals surface area contributed by atoms with Gasteiger partial charge in [0.05, 0.1) is 0 Å². The third kappa shape index (κ3) is 3.27. The minimum atomic E-state index is 0.0664. The number of amides is 1. The average molecular weight is 301 g/mol. The maximum atomic E-state index is 12.4. The molecule has 1 N–H and O–H groups in total. The number of nitrogens with zero attached hydrogens (tertiary/aromatic N) is 2. The zero-order chi connectivity index (χ0) is 15.5. The lowest BCUT2D eigenvalue weighted by Gasteiger charge is -2.31. The van der Waals surface area contributed by atoms with Crippen LogP contribution in [0.2, 0.25) is 0 Å². The number of carbonyl (C=O) groups is 1. The first kappa shape index (κ1) is 15.3. The number of likely N-dealkylation sites (tertiary alicyclic amines) is 1. The summed E-state index contributed by atoms with van der Waals surface area (Å²) < 4.78 is 0. The van der Waals surface area contributed by atoms with E-state index in [0.29, 0.717) is 5.92 Å². The standard InChI is InChI=1S/C18H27N3O/c1-3-21-9-4-5-14(13-21)12-19-18(22)16-7-6-15-8-10-20(2)17(15)11-16/h6-7,11,14H,3-5,8-10,12-13H2,1-2H3,(H,19,22)/t14-/m1/s1. The van der Waals surface area contributed by atoms with Crippen LogP contribution >= 0.6 is 0 Å². The summed E-state index contributed by atoms with van der Waals surface area (Å²) in [6.07, 6.45) is 3.56.